The smallest absolute Gasteiger partial charge is 0.169 e. The molecule has 3 nitrogen and oxygen atoms in total. The Morgan fingerprint density at radius 2 is 2.43 bits per heavy atom. The van der Waals surface area contributed by atoms with Gasteiger partial charge in [-0.2, -0.15) is 0 Å². The minimum atomic E-state index is 0.0412. The Hall–Kier alpha value is -1.22. The molecule has 1 saturated heterocycles. The number of hydrogen-bond donors (Lipinski definition) is 0. The summed E-state index contributed by atoms with van der Waals surface area (Å²) in [5.74, 6) is 0.203. The lowest BCUT2D eigenvalue weighted by atomic mass is 9.98. The Balaban J connectivity index is 2.14. The third-order valence-electron chi connectivity index (χ3n) is 2.50. The number of pyridine rings is 1. The van der Waals surface area contributed by atoms with E-state index in [9.17, 15) is 4.79 Å². The molecule has 2 heterocycles. The van der Waals surface area contributed by atoms with E-state index in [1.807, 2.05) is 19.1 Å². The summed E-state index contributed by atoms with van der Waals surface area (Å²) in [7, 11) is 0. The molecule has 0 aromatic carbocycles. The first kappa shape index (κ1) is 9.34. The van der Waals surface area contributed by atoms with E-state index in [-0.39, 0.29) is 11.7 Å². The lowest BCUT2D eigenvalue weighted by Crippen LogP contribution is -2.14. The third kappa shape index (κ3) is 1.82. The van der Waals surface area contributed by atoms with E-state index >= 15 is 0 Å². The molecule has 3 heteroatoms. The molecule has 0 bridgehead atoms. The molecular weight excluding hydrogens is 178 g/mol. The fraction of sp³-hybridized carbons (Fsp3) is 0.455. The Labute approximate surface area is 83.1 Å². The Kier molecular flexibility index (Phi) is 2.59. The average Bonchev–Trinajstić information content (AvgIpc) is 2.71. The lowest BCUT2D eigenvalue weighted by molar-refractivity contribution is 0.0900. The molecule has 14 heavy (non-hydrogen) atoms. The fourth-order valence-corrected chi connectivity index (χ4v) is 1.59. The maximum atomic E-state index is 11.8. The van der Waals surface area contributed by atoms with E-state index in [0.29, 0.717) is 18.8 Å². The maximum Gasteiger partial charge on any atom is 0.169 e. The summed E-state index contributed by atoms with van der Waals surface area (Å²) in [6.45, 7) is 3.18. The van der Waals surface area contributed by atoms with Crippen LogP contribution in [0.15, 0.2) is 18.3 Å². The molecule has 1 aromatic rings. The lowest BCUT2D eigenvalue weighted by Gasteiger charge is -2.05. The van der Waals surface area contributed by atoms with Crippen LogP contribution in [0.3, 0.4) is 0 Å². The highest BCUT2D eigenvalue weighted by Gasteiger charge is 2.24. The normalized spacial score (nSPS) is 21.1. The topological polar surface area (TPSA) is 39.2 Å². The Morgan fingerprint density at radius 1 is 1.57 bits per heavy atom. The first-order valence-corrected chi connectivity index (χ1v) is 4.82. The number of Topliss-reactive ketones (excluding diaryl/α,β-unsaturated/α-hetero) is 1. The van der Waals surface area contributed by atoms with Gasteiger partial charge < -0.3 is 4.74 Å². The molecule has 1 aliphatic heterocycles. The van der Waals surface area contributed by atoms with Crippen molar-refractivity contribution in [2.75, 3.05) is 13.2 Å². The van der Waals surface area contributed by atoms with Gasteiger partial charge >= 0.3 is 0 Å². The van der Waals surface area contributed by atoms with Crippen LogP contribution >= 0.6 is 0 Å². The number of nitrogens with zero attached hydrogens (tertiary/aromatic N) is 1. The molecule has 0 amide bonds. The summed E-state index contributed by atoms with van der Waals surface area (Å²) < 4.78 is 5.18. The molecule has 74 valence electrons. The zero-order chi connectivity index (χ0) is 9.97. The van der Waals surface area contributed by atoms with Crippen LogP contribution < -0.4 is 0 Å². The second-order valence-electron chi connectivity index (χ2n) is 3.61. The zero-order valence-corrected chi connectivity index (χ0v) is 8.19. The van der Waals surface area contributed by atoms with Crippen LogP contribution in [0.2, 0.25) is 0 Å². The van der Waals surface area contributed by atoms with Gasteiger partial charge in [0.25, 0.3) is 0 Å². The highest BCUT2D eigenvalue weighted by molar-refractivity contribution is 5.97. The van der Waals surface area contributed by atoms with Crippen molar-refractivity contribution in [3.8, 4) is 0 Å². The first-order valence-electron chi connectivity index (χ1n) is 4.82. The summed E-state index contributed by atoms with van der Waals surface area (Å²) in [4.78, 5) is 15.9. The third-order valence-corrected chi connectivity index (χ3v) is 2.50. The standard InChI is InChI=1S/C11H13NO2/c1-8-2-3-9(6-12-8)11(13)10-4-5-14-7-10/h2-3,6,10H,4-5,7H2,1H3. The molecule has 1 aliphatic rings. The molecule has 1 atom stereocenters. The first-order chi connectivity index (χ1) is 6.77. The van der Waals surface area contributed by atoms with E-state index in [1.165, 1.54) is 0 Å². The number of aromatic nitrogens is 1. The second kappa shape index (κ2) is 3.88. The second-order valence-corrected chi connectivity index (χ2v) is 3.61. The van der Waals surface area contributed by atoms with Crippen molar-refractivity contribution in [3.63, 3.8) is 0 Å². The fourth-order valence-electron chi connectivity index (χ4n) is 1.59. The van der Waals surface area contributed by atoms with E-state index in [1.54, 1.807) is 6.20 Å². The van der Waals surface area contributed by atoms with Crippen LogP contribution in [0.25, 0.3) is 0 Å². The minimum absolute atomic E-state index is 0.0412. The molecule has 0 saturated carbocycles. The van der Waals surface area contributed by atoms with Gasteiger partial charge in [0.2, 0.25) is 0 Å². The van der Waals surface area contributed by atoms with Crippen molar-refractivity contribution in [3.05, 3.63) is 29.6 Å². The molecule has 0 aliphatic carbocycles. The summed E-state index contributed by atoms with van der Waals surface area (Å²) in [5.41, 5.74) is 1.63. The SMILES string of the molecule is Cc1ccc(C(=O)C2CCOC2)cn1. The average molecular weight is 191 g/mol. The highest BCUT2D eigenvalue weighted by atomic mass is 16.5. The minimum Gasteiger partial charge on any atom is -0.381 e. The molecule has 2 rings (SSSR count). The van der Waals surface area contributed by atoms with Crippen molar-refractivity contribution in [2.45, 2.75) is 13.3 Å². The highest BCUT2D eigenvalue weighted by Crippen LogP contribution is 2.17. The Bertz CT molecular complexity index is 326. The van der Waals surface area contributed by atoms with E-state index < -0.39 is 0 Å². The molecule has 0 radical (unpaired) electrons. The zero-order valence-electron chi connectivity index (χ0n) is 8.19. The monoisotopic (exact) mass is 191 g/mol. The predicted octanol–water partition coefficient (Wildman–Crippen LogP) is 1.61. The number of hydrogen-bond acceptors (Lipinski definition) is 3. The van der Waals surface area contributed by atoms with Crippen molar-refractivity contribution in [1.29, 1.82) is 0 Å². The van der Waals surface area contributed by atoms with Gasteiger partial charge in [0.15, 0.2) is 5.78 Å². The van der Waals surface area contributed by atoms with Crippen molar-refractivity contribution >= 4 is 5.78 Å². The molecule has 0 N–H and O–H groups in total. The molecule has 1 unspecified atom stereocenters. The number of carbonyl (C=O) groups excluding carboxylic acids is 1. The van der Waals surface area contributed by atoms with Crippen LogP contribution in [-0.4, -0.2) is 24.0 Å². The van der Waals surface area contributed by atoms with E-state index in [4.69, 9.17) is 4.74 Å². The number of ether oxygens (including phenoxy) is 1. The number of aryl methyl sites for hydroxylation is 1. The van der Waals surface area contributed by atoms with Crippen LogP contribution in [-0.2, 0) is 4.74 Å². The van der Waals surface area contributed by atoms with Gasteiger partial charge in [-0.25, -0.2) is 0 Å². The van der Waals surface area contributed by atoms with Crippen LogP contribution in [0, 0.1) is 12.8 Å². The predicted molar refractivity (Wildman–Crippen MR) is 52.2 cm³/mol. The number of ketones is 1. The van der Waals surface area contributed by atoms with Crippen LogP contribution in [0.4, 0.5) is 0 Å². The van der Waals surface area contributed by atoms with Crippen molar-refractivity contribution in [1.82, 2.24) is 4.98 Å². The van der Waals surface area contributed by atoms with Crippen molar-refractivity contribution in [2.24, 2.45) is 5.92 Å². The van der Waals surface area contributed by atoms with Gasteiger partial charge in [0.1, 0.15) is 0 Å². The van der Waals surface area contributed by atoms with E-state index in [0.717, 1.165) is 12.1 Å². The molecule has 1 fully saturated rings. The number of carbonyl (C=O) groups is 1. The number of rotatable bonds is 2. The van der Waals surface area contributed by atoms with Gasteiger partial charge in [-0.05, 0) is 25.5 Å². The summed E-state index contributed by atoms with van der Waals surface area (Å²) in [5, 5.41) is 0. The molecular formula is C11H13NO2. The summed E-state index contributed by atoms with van der Waals surface area (Å²) in [6, 6.07) is 3.70. The van der Waals surface area contributed by atoms with Gasteiger partial charge in [-0.1, -0.05) is 0 Å². The van der Waals surface area contributed by atoms with Crippen LogP contribution in [0.5, 0.6) is 0 Å². The molecule has 0 spiro atoms. The van der Waals surface area contributed by atoms with Gasteiger partial charge in [-0.3, -0.25) is 9.78 Å². The van der Waals surface area contributed by atoms with Gasteiger partial charge in [0, 0.05) is 30.0 Å². The van der Waals surface area contributed by atoms with E-state index in [2.05, 4.69) is 4.98 Å². The Morgan fingerprint density at radius 3 is 3.00 bits per heavy atom. The van der Waals surface area contributed by atoms with Crippen LogP contribution in [0.1, 0.15) is 22.5 Å². The summed E-state index contributed by atoms with van der Waals surface area (Å²) >= 11 is 0. The van der Waals surface area contributed by atoms with Crippen molar-refractivity contribution < 1.29 is 9.53 Å². The maximum absolute atomic E-state index is 11.8. The van der Waals surface area contributed by atoms with Gasteiger partial charge in [0.05, 0.1) is 6.61 Å². The molecule has 1 aromatic heterocycles. The largest absolute Gasteiger partial charge is 0.381 e. The van der Waals surface area contributed by atoms with Gasteiger partial charge in [-0.15, -0.1) is 0 Å². The summed E-state index contributed by atoms with van der Waals surface area (Å²) in [6.07, 6.45) is 2.49. The quantitative estimate of drug-likeness (QED) is 0.667.